The standard InChI is InChI=1S/C11H19N3/c1-7-9(8-5-12-6-8)14-10(13-7)11(2,3)4/h8,12H,5-6H2,1-4H3,(H,13,14). The molecule has 0 aromatic carbocycles. The van der Waals surface area contributed by atoms with Gasteiger partial charge in [0.25, 0.3) is 0 Å². The van der Waals surface area contributed by atoms with Crippen LogP contribution in [-0.2, 0) is 5.41 Å². The number of H-pyrrole nitrogens is 1. The molecule has 1 aliphatic heterocycles. The van der Waals surface area contributed by atoms with Crippen LogP contribution in [0.25, 0.3) is 0 Å². The summed E-state index contributed by atoms with van der Waals surface area (Å²) in [6.45, 7) is 10.8. The second kappa shape index (κ2) is 3.09. The van der Waals surface area contributed by atoms with Crippen molar-refractivity contribution in [2.24, 2.45) is 0 Å². The molecule has 0 bridgehead atoms. The van der Waals surface area contributed by atoms with Crippen LogP contribution in [0.15, 0.2) is 0 Å². The Kier molecular flexibility index (Phi) is 2.14. The number of aromatic amines is 1. The topological polar surface area (TPSA) is 40.7 Å². The number of nitrogens with zero attached hydrogens (tertiary/aromatic N) is 1. The third-order valence-electron chi connectivity index (χ3n) is 2.80. The lowest BCUT2D eigenvalue weighted by Crippen LogP contribution is -2.40. The van der Waals surface area contributed by atoms with E-state index in [1.54, 1.807) is 0 Å². The number of aryl methyl sites for hydroxylation is 1. The number of aromatic nitrogens is 2. The molecule has 2 rings (SSSR count). The lowest BCUT2D eigenvalue weighted by molar-refractivity contribution is 0.437. The summed E-state index contributed by atoms with van der Waals surface area (Å²) >= 11 is 0. The normalized spacial score (nSPS) is 18.3. The van der Waals surface area contributed by atoms with E-state index in [1.807, 2.05) is 0 Å². The summed E-state index contributed by atoms with van der Waals surface area (Å²) in [5, 5.41) is 3.28. The van der Waals surface area contributed by atoms with E-state index in [0.717, 1.165) is 18.9 Å². The molecule has 0 saturated carbocycles. The number of hydrogen-bond acceptors (Lipinski definition) is 2. The van der Waals surface area contributed by atoms with Gasteiger partial charge in [-0.1, -0.05) is 20.8 Å². The van der Waals surface area contributed by atoms with Crippen LogP contribution in [0.2, 0.25) is 0 Å². The highest BCUT2D eigenvalue weighted by Crippen LogP contribution is 2.26. The van der Waals surface area contributed by atoms with Crippen LogP contribution >= 0.6 is 0 Å². The molecule has 0 aliphatic carbocycles. The minimum Gasteiger partial charge on any atom is -0.345 e. The van der Waals surface area contributed by atoms with E-state index in [0.29, 0.717) is 5.92 Å². The van der Waals surface area contributed by atoms with Crippen molar-refractivity contribution in [1.82, 2.24) is 15.3 Å². The molecule has 0 radical (unpaired) electrons. The van der Waals surface area contributed by atoms with Crippen LogP contribution in [0.1, 0.15) is 43.9 Å². The molecule has 14 heavy (non-hydrogen) atoms. The van der Waals surface area contributed by atoms with Gasteiger partial charge in [-0.2, -0.15) is 0 Å². The van der Waals surface area contributed by atoms with E-state index in [9.17, 15) is 0 Å². The lowest BCUT2D eigenvalue weighted by atomic mass is 9.96. The Labute approximate surface area is 85.3 Å². The van der Waals surface area contributed by atoms with Gasteiger partial charge in [-0.05, 0) is 6.92 Å². The van der Waals surface area contributed by atoms with Gasteiger partial charge in [0.05, 0.1) is 5.69 Å². The Morgan fingerprint density at radius 3 is 2.29 bits per heavy atom. The Morgan fingerprint density at radius 2 is 1.93 bits per heavy atom. The SMILES string of the molecule is Cc1[nH]c(C(C)(C)C)nc1C1CNC1. The number of nitrogens with one attached hydrogen (secondary N) is 2. The fourth-order valence-corrected chi connectivity index (χ4v) is 1.71. The van der Waals surface area contributed by atoms with Crippen molar-refractivity contribution in [2.45, 2.75) is 39.0 Å². The molecule has 1 saturated heterocycles. The van der Waals surface area contributed by atoms with Gasteiger partial charge in [0.15, 0.2) is 0 Å². The quantitative estimate of drug-likeness (QED) is 0.712. The first kappa shape index (κ1) is 9.71. The monoisotopic (exact) mass is 193 g/mol. The molecule has 0 atom stereocenters. The zero-order valence-corrected chi connectivity index (χ0v) is 9.44. The predicted octanol–water partition coefficient (Wildman–Crippen LogP) is 1.70. The van der Waals surface area contributed by atoms with Crippen LogP contribution < -0.4 is 5.32 Å². The first-order chi connectivity index (χ1) is 6.48. The number of rotatable bonds is 1. The molecule has 0 amide bonds. The first-order valence-electron chi connectivity index (χ1n) is 5.26. The Morgan fingerprint density at radius 1 is 1.29 bits per heavy atom. The van der Waals surface area contributed by atoms with Gasteiger partial charge in [-0.15, -0.1) is 0 Å². The molecule has 3 nitrogen and oxygen atoms in total. The van der Waals surface area contributed by atoms with Crippen molar-refractivity contribution in [1.29, 1.82) is 0 Å². The summed E-state index contributed by atoms with van der Waals surface area (Å²) in [5.41, 5.74) is 2.62. The fraction of sp³-hybridized carbons (Fsp3) is 0.727. The van der Waals surface area contributed by atoms with Crippen molar-refractivity contribution in [3.05, 3.63) is 17.2 Å². The van der Waals surface area contributed by atoms with E-state index in [1.165, 1.54) is 11.4 Å². The van der Waals surface area contributed by atoms with Gasteiger partial charge >= 0.3 is 0 Å². The minimum atomic E-state index is 0.125. The van der Waals surface area contributed by atoms with Crippen molar-refractivity contribution in [3.8, 4) is 0 Å². The number of imidazole rings is 1. The maximum Gasteiger partial charge on any atom is 0.111 e. The molecule has 78 valence electrons. The van der Waals surface area contributed by atoms with Crippen LogP contribution in [-0.4, -0.2) is 23.1 Å². The number of hydrogen-bond donors (Lipinski definition) is 2. The molecule has 2 heterocycles. The average Bonchev–Trinajstić information content (AvgIpc) is 2.28. The maximum atomic E-state index is 4.71. The predicted molar refractivity (Wildman–Crippen MR) is 57.6 cm³/mol. The second-order valence-corrected chi connectivity index (χ2v) is 5.20. The van der Waals surface area contributed by atoms with E-state index in [-0.39, 0.29) is 5.41 Å². The molecule has 1 aromatic rings. The van der Waals surface area contributed by atoms with Crippen molar-refractivity contribution < 1.29 is 0 Å². The highest BCUT2D eigenvalue weighted by Gasteiger charge is 2.26. The van der Waals surface area contributed by atoms with Gasteiger partial charge in [-0.25, -0.2) is 4.98 Å². The second-order valence-electron chi connectivity index (χ2n) is 5.20. The molecule has 1 aliphatic rings. The van der Waals surface area contributed by atoms with E-state index < -0.39 is 0 Å². The van der Waals surface area contributed by atoms with Crippen molar-refractivity contribution in [2.75, 3.05) is 13.1 Å². The Balaban J connectivity index is 2.29. The fourth-order valence-electron chi connectivity index (χ4n) is 1.71. The van der Waals surface area contributed by atoms with Gasteiger partial charge in [0, 0.05) is 30.1 Å². The molecule has 3 heteroatoms. The summed E-state index contributed by atoms with van der Waals surface area (Å²) in [7, 11) is 0. The Bertz CT molecular complexity index is 329. The highest BCUT2D eigenvalue weighted by molar-refractivity contribution is 5.23. The lowest BCUT2D eigenvalue weighted by Gasteiger charge is -2.26. The molecular formula is C11H19N3. The third kappa shape index (κ3) is 1.57. The largest absolute Gasteiger partial charge is 0.345 e. The smallest absolute Gasteiger partial charge is 0.111 e. The molecule has 1 aromatic heterocycles. The summed E-state index contributed by atoms with van der Waals surface area (Å²) in [6, 6.07) is 0. The van der Waals surface area contributed by atoms with Crippen LogP contribution in [0, 0.1) is 6.92 Å². The molecule has 1 fully saturated rings. The van der Waals surface area contributed by atoms with Gasteiger partial charge in [0.2, 0.25) is 0 Å². The van der Waals surface area contributed by atoms with E-state index >= 15 is 0 Å². The zero-order chi connectivity index (χ0) is 10.3. The summed E-state index contributed by atoms with van der Waals surface area (Å²) in [5.74, 6) is 1.74. The van der Waals surface area contributed by atoms with Crippen LogP contribution in [0.3, 0.4) is 0 Å². The van der Waals surface area contributed by atoms with Gasteiger partial charge in [-0.3, -0.25) is 0 Å². The van der Waals surface area contributed by atoms with Crippen molar-refractivity contribution in [3.63, 3.8) is 0 Å². The van der Waals surface area contributed by atoms with Crippen LogP contribution in [0.5, 0.6) is 0 Å². The van der Waals surface area contributed by atoms with Gasteiger partial charge < -0.3 is 10.3 Å². The third-order valence-corrected chi connectivity index (χ3v) is 2.80. The average molecular weight is 193 g/mol. The maximum absolute atomic E-state index is 4.71. The van der Waals surface area contributed by atoms with Crippen molar-refractivity contribution >= 4 is 0 Å². The highest BCUT2D eigenvalue weighted by atomic mass is 15.0. The molecule has 2 N–H and O–H groups in total. The summed E-state index contributed by atoms with van der Waals surface area (Å²) in [6.07, 6.45) is 0. The Hall–Kier alpha value is -0.830. The first-order valence-corrected chi connectivity index (χ1v) is 5.26. The van der Waals surface area contributed by atoms with Gasteiger partial charge in [0.1, 0.15) is 5.82 Å². The molecule has 0 unspecified atom stereocenters. The zero-order valence-electron chi connectivity index (χ0n) is 9.44. The summed E-state index contributed by atoms with van der Waals surface area (Å²) < 4.78 is 0. The molecule has 0 spiro atoms. The summed E-state index contributed by atoms with van der Waals surface area (Å²) in [4.78, 5) is 8.10. The van der Waals surface area contributed by atoms with Crippen LogP contribution in [0.4, 0.5) is 0 Å². The molecular weight excluding hydrogens is 174 g/mol. The van der Waals surface area contributed by atoms with E-state index in [2.05, 4.69) is 38.0 Å². The minimum absolute atomic E-state index is 0.125. The van der Waals surface area contributed by atoms with E-state index in [4.69, 9.17) is 4.98 Å².